The summed E-state index contributed by atoms with van der Waals surface area (Å²) in [4.78, 5) is 11.7. The van der Waals surface area contributed by atoms with E-state index in [1.54, 1.807) is 0 Å². The Balaban J connectivity index is 2.82. The van der Waals surface area contributed by atoms with Gasteiger partial charge in [0, 0.05) is 5.41 Å². The minimum atomic E-state index is -0.0667. The minimum Gasteiger partial charge on any atom is -0.462 e. The maximum Gasteiger partial charge on any atom is 0.308 e. The van der Waals surface area contributed by atoms with Crippen LogP contribution in [-0.4, -0.2) is 12.1 Å². The van der Waals surface area contributed by atoms with Gasteiger partial charge in [0.1, 0.15) is 6.10 Å². The normalized spacial score (nSPS) is 31.8. The number of hydrogen-bond donors (Lipinski definition) is 0. The number of ether oxygens (including phenoxy) is 1. The summed E-state index contributed by atoms with van der Waals surface area (Å²) in [7, 11) is 0. The molecule has 0 aromatic carbocycles. The van der Waals surface area contributed by atoms with E-state index in [-0.39, 0.29) is 28.8 Å². The summed E-state index contributed by atoms with van der Waals surface area (Å²) >= 11 is 0. The van der Waals surface area contributed by atoms with Crippen molar-refractivity contribution in [2.45, 2.75) is 61.0 Å². The number of carbonyl (C=O) groups excluding carboxylic acids is 1. The van der Waals surface area contributed by atoms with Crippen LogP contribution in [0, 0.1) is 22.7 Å². The standard InChI is InChI=1S/C14H26O2/c1-9(2)12(15)16-11-8-10(3)13(4,5)14(11,6)7/h9-11H,8H2,1-7H3/t10-,11-/m0/s1. The highest BCUT2D eigenvalue weighted by atomic mass is 16.5. The first kappa shape index (κ1) is 13.5. The maximum absolute atomic E-state index is 11.7. The lowest BCUT2D eigenvalue weighted by Gasteiger charge is -2.40. The molecule has 1 fully saturated rings. The second kappa shape index (κ2) is 4.05. The summed E-state index contributed by atoms with van der Waals surface area (Å²) in [5.74, 6) is 0.491. The van der Waals surface area contributed by atoms with Crippen LogP contribution < -0.4 is 0 Å². The van der Waals surface area contributed by atoms with Gasteiger partial charge in [-0.05, 0) is 17.8 Å². The molecule has 0 aromatic rings. The SMILES string of the molecule is CC(C)C(=O)O[C@H]1C[C@H](C)C(C)(C)C1(C)C. The topological polar surface area (TPSA) is 26.3 Å². The van der Waals surface area contributed by atoms with E-state index in [0.29, 0.717) is 5.92 Å². The quantitative estimate of drug-likeness (QED) is 0.672. The Morgan fingerprint density at radius 3 is 2.00 bits per heavy atom. The van der Waals surface area contributed by atoms with Gasteiger partial charge in [0.05, 0.1) is 5.92 Å². The van der Waals surface area contributed by atoms with Crippen molar-refractivity contribution < 1.29 is 9.53 Å². The Morgan fingerprint density at radius 1 is 1.19 bits per heavy atom. The van der Waals surface area contributed by atoms with Crippen LogP contribution in [0.3, 0.4) is 0 Å². The first-order chi connectivity index (χ1) is 7.10. The molecule has 0 radical (unpaired) electrons. The monoisotopic (exact) mass is 226 g/mol. The Morgan fingerprint density at radius 2 is 1.69 bits per heavy atom. The molecule has 0 spiro atoms. The van der Waals surface area contributed by atoms with Gasteiger partial charge in [0.25, 0.3) is 0 Å². The predicted octanol–water partition coefficient (Wildman–Crippen LogP) is 3.65. The lowest BCUT2D eigenvalue weighted by atomic mass is 9.67. The Labute approximate surface area is 99.8 Å². The van der Waals surface area contributed by atoms with Crippen LogP contribution in [0.4, 0.5) is 0 Å². The molecule has 0 amide bonds. The summed E-state index contributed by atoms with van der Waals surface area (Å²) in [6.07, 6.45) is 1.05. The molecule has 0 aliphatic heterocycles. The fraction of sp³-hybridized carbons (Fsp3) is 0.929. The lowest BCUT2D eigenvalue weighted by Crippen LogP contribution is -2.39. The molecule has 0 heterocycles. The summed E-state index contributed by atoms with van der Waals surface area (Å²) in [5.41, 5.74) is 0.270. The lowest BCUT2D eigenvalue weighted by molar-refractivity contribution is -0.159. The molecular weight excluding hydrogens is 200 g/mol. The third kappa shape index (κ3) is 1.99. The third-order valence-corrected chi connectivity index (χ3v) is 5.00. The molecule has 0 aromatic heterocycles. The molecule has 0 unspecified atom stereocenters. The van der Waals surface area contributed by atoms with E-state index in [1.165, 1.54) is 0 Å². The van der Waals surface area contributed by atoms with Crippen LogP contribution in [0.2, 0.25) is 0 Å². The first-order valence-electron chi connectivity index (χ1n) is 6.31. The molecule has 16 heavy (non-hydrogen) atoms. The van der Waals surface area contributed by atoms with E-state index in [9.17, 15) is 4.79 Å². The fourth-order valence-corrected chi connectivity index (χ4v) is 2.43. The molecule has 1 aliphatic rings. The molecule has 2 atom stereocenters. The number of rotatable bonds is 2. The van der Waals surface area contributed by atoms with Gasteiger partial charge in [-0.3, -0.25) is 4.79 Å². The van der Waals surface area contributed by atoms with Gasteiger partial charge in [0.2, 0.25) is 0 Å². The van der Waals surface area contributed by atoms with Crippen molar-refractivity contribution in [1.82, 2.24) is 0 Å². The first-order valence-corrected chi connectivity index (χ1v) is 6.31. The van der Waals surface area contributed by atoms with Gasteiger partial charge in [-0.25, -0.2) is 0 Å². The van der Waals surface area contributed by atoms with Crippen LogP contribution in [-0.2, 0) is 9.53 Å². The fourth-order valence-electron chi connectivity index (χ4n) is 2.43. The van der Waals surface area contributed by atoms with Crippen molar-refractivity contribution in [2.24, 2.45) is 22.7 Å². The molecule has 0 bridgehead atoms. The Kier molecular flexibility index (Phi) is 3.42. The summed E-state index contributed by atoms with van der Waals surface area (Å²) in [6, 6.07) is 0. The zero-order chi connectivity index (χ0) is 12.7. The number of hydrogen-bond acceptors (Lipinski definition) is 2. The van der Waals surface area contributed by atoms with E-state index < -0.39 is 0 Å². The maximum atomic E-state index is 11.7. The zero-order valence-corrected chi connectivity index (χ0v) is 11.8. The van der Waals surface area contributed by atoms with E-state index in [1.807, 2.05) is 13.8 Å². The average Bonchev–Trinajstić information content (AvgIpc) is 2.27. The van der Waals surface area contributed by atoms with Crippen molar-refractivity contribution in [3.63, 3.8) is 0 Å². The average molecular weight is 226 g/mol. The number of esters is 1. The van der Waals surface area contributed by atoms with Gasteiger partial charge < -0.3 is 4.74 Å². The molecule has 94 valence electrons. The molecule has 1 aliphatic carbocycles. The number of carbonyl (C=O) groups is 1. The van der Waals surface area contributed by atoms with Crippen LogP contribution in [0.15, 0.2) is 0 Å². The Bertz CT molecular complexity index is 276. The van der Waals surface area contributed by atoms with Crippen molar-refractivity contribution >= 4 is 5.97 Å². The van der Waals surface area contributed by atoms with Crippen molar-refractivity contribution in [3.8, 4) is 0 Å². The molecule has 0 N–H and O–H groups in total. The van der Waals surface area contributed by atoms with Crippen LogP contribution >= 0.6 is 0 Å². The molecule has 1 saturated carbocycles. The highest BCUT2D eigenvalue weighted by Crippen LogP contribution is 2.56. The van der Waals surface area contributed by atoms with Crippen molar-refractivity contribution in [2.75, 3.05) is 0 Å². The van der Waals surface area contributed by atoms with E-state index in [2.05, 4.69) is 34.6 Å². The summed E-state index contributed by atoms with van der Waals surface area (Å²) < 4.78 is 5.66. The molecule has 2 nitrogen and oxygen atoms in total. The van der Waals surface area contributed by atoms with Crippen LogP contribution in [0.5, 0.6) is 0 Å². The van der Waals surface area contributed by atoms with E-state index >= 15 is 0 Å². The highest BCUT2D eigenvalue weighted by molar-refractivity contribution is 5.71. The second-order valence-electron chi connectivity index (χ2n) is 6.66. The third-order valence-electron chi connectivity index (χ3n) is 5.00. The van der Waals surface area contributed by atoms with E-state index in [4.69, 9.17) is 4.74 Å². The largest absolute Gasteiger partial charge is 0.462 e. The second-order valence-corrected chi connectivity index (χ2v) is 6.66. The highest BCUT2D eigenvalue weighted by Gasteiger charge is 2.54. The van der Waals surface area contributed by atoms with Crippen LogP contribution in [0.1, 0.15) is 54.9 Å². The Hall–Kier alpha value is -0.530. The predicted molar refractivity (Wildman–Crippen MR) is 66.1 cm³/mol. The van der Waals surface area contributed by atoms with Gasteiger partial charge in [-0.1, -0.05) is 48.5 Å². The minimum absolute atomic E-state index is 0.0326. The molecular formula is C14H26O2. The molecule has 2 heteroatoms. The van der Waals surface area contributed by atoms with Gasteiger partial charge in [-0.2, -0.15) is 0 Å². The molecule has 1 rings (SSSR count). The van der Waals surface area contributed by atoms with Gasteiger partial charge >= 0.3 is 5.97 Å². The van der Waals surface area contributed by atoms with Crippen molar-refractivity contribution in [1.29, 1.82) is 0 Å². The molecule has 0 saturated heterocycles. The summed E-state index contributed by atoms with van der Waals surface area (Å²) in [5, 5.41) is 0. The smallest absolute Gasteiger partial charge is 0.308 e. The van der Waals surface area contributed by atoms with Crippen molar-refractivity contribution in [3.05, 3.63) is 0 Å². The van der Waals surface area contributed by atoms with Gasteiger partial charge in [-0.15, -0.1) is 0 Å². The summed E-state index contributed by atoms with van der Waals surface area (Å²) in [6.45, 7) is 15.0. The van der Waals surface area contributed by atoms with Gasteiger partial charge in [0.15, 0.2) is 0 Å². The van der Waals surface area contributed by atoms with E-state index in [0.717, 1.165) is 6.42 Å². The van der Waals surface area contributed by atoms with Crippen LogP contribution in [0.25, 0.3) is 0 Å². The zero-order valence-electron chi connectivity index (χ0n) is 11.8.